The van der Waals surface area contributed by atoms with Crippen LogP contribution in [0.25, 0.3) is 6.08 Å². The number of ether oxygens (including phenoxy) is 2. The summed E-state index contributed by atoms with van der Waals surface area (Å²) in [6.45, 7) is 5.72. The lowest BCUT2D eigenvalue weighted by atomic mass is 10.0. The minimum absolute atomic E-state index is 0.100. The van der Waals surface area contributed by atoms with Crippen LogP contribution < -0.4 is 19.7 Å². The van der Waals surface area contributed by atoms with Gasteiger partial charge in [-0.25, -0.2) is 14.1 Å². The van der Waals surface area contributed by atoms with Gasteiger partial charge in [-0.05, 0) is 78.6 Å². The summed E-state index contributed by atoms with van der Waals surface area (Å²) in [5.74, 6) is -1.14. The van der Waals surface area contributed by atoms with Crippen LogP contribution in [0.4, 0.5) is 14.9 Å². The average Bonchev–Trinajstić information content (AvgIpc) is 2.87. The van der Waals surface area contributed by atoms with E-state index in [0.29, 0.717) is 40.3 Å². The monoisotopic (exact) mass is 578 g/mol. The lowest BCUT2D eigenvalue weighted by Crippen LogP contribution is -2.54. The molecule has 38 heavy (non-hydrogen) atoms. The van der Waals surface area contributed by atoms with Gasteiger partial charge in [0.05, 0.1) is 12.8 Å². The first-order chi connectivity index (χ1) is 18.2. The van der Waals surface area contributed by atoms with Gasteiger partial charge in [-0.3, -0.25) is 14.9 Å². The van der Waals surface area contributed by atoms with Crippen molar-refractivity contribution in [2.75, 3.05) is 12.0 Å². The minimum Gasteiger partial charge on any atom is -0.493 e. The highest BCUT2D eigenvalue weighted by molar-refractivity contribution is 9.10. The van der Waals surface area contributed by atoms with E-state index in [1.807, 2.05) is 6.92 Å². The summed E-state index contributed by atoms with van der Waals surface area (Å²) in [4.78, 5) is 39.5. The molecule has 0 aromatic heterocycles. The fraction of sp³-hybridized carbons (Fsp3) is 0.138. The molecule has 0 atom stereocenters. The number of hydrogen-bond donors (Lipinski definition) is 1. The molecule has 0 radical (unpaired) electrons. The quantitative estimate of drug-likeness (QED) is 0.205. The topological polar surface area (TPSA) is 84.9 Å². The molecular weight excluding hydrogens is 555 g/mol. The Balaban J connectivity index is 1.70. The van der Waals surface area contributed by atoms with Crippen LogP contribution in [0.5, 0.6) is 11.5 Å². The Bertz CT molecular complexity index is 1480. The van der Waals surface area contributed by atoms with Crippen LogP contribution in [0, 0.1) is 12.7 Å². The van der Waals surface area contributed by atoms with Gasteiger partial charge >= 0.3 is 6.03 Å². The first-order valence-corrected chi connectivity index (χ1v) is 12.4. The second kappa shape index (κ2) is 11.4. The molecule has 1 aliphatic heterocycles. The maximum atomic E-state index is 13.6. The van der Waals surface area contributed by atoms with Crippen LogP contribution in [-0.4, -0.2) is 25.0 Å². The fourth-order valence-electron chi connectivity index (χ4n) is 4.00. The van der Waals surface area contributed by atoms with Crippen molar-refractivity contribution in [3.63, 3.8) is 0 Å². The Morgan fingerprint density at radius 3 is 2.58 bits per heavy atom. The van der Waals surface area contributed by atoms with E-state index in [2.05, 4.69) is 27.8 Å². The zero-order valence-corrected chi connectivity index (χ0v) is 22.3. The molecule has 7 nitrogen and oxygen atoms in total. The zero-order valence-electron chi connectivity index (χ0n) is 20.7. The van der Waals surface area contributed by atoms with E-state index in [1.165, 1.54) is 25.3 Å². The largest absolute Gasteiger partial charge is 0.493 e. The van der Waals surface area contributed by atoms with Crippen LogP contribution in [0.15, 0.2) is 77.3 Å². The number of anilines is 1. The number of carbonyl (C=O) groups is 3. The van der Waals surface area contributed by atoms with Crippen molar-refractivity contribution in [3.05, 3.63) is 105 Å². The zero-order chi connectivity index (χ0) is 27.4. The predicted molar refractivity (Wildman–Crippen MR) is 146 cm³/mol. The molecule has 0 spiro atoms. The first-order valence-electron chi connectivity index (χ1n) is 11.6. The van der Waals surface area contributed by atoms with E-state index >= 15 is 0 Å². The van der Waals surface area contributed by atoms with Crippen molar-refractivity contribution >= 4 is 45.5 Å². The predicted octanol–water partition coefficient (Wildman–Crippen LogP) is 5.88. The molecule has 4 amide bonds. The van der Waals surface area contributed by atoms with Crippen LogP contribution in [0.3, 0.4) is 0 Å². The Kier molecular flexibility index (Phi) is 8.07. The molecular formula is C29H24BrFN2O5. The van der Waals surface area contributed by atoms with Crippen molar-refractivity contribution < 1.29 is 28.2 Å². The smallest absolute Gasteiger partial charge is 0.335 e. The summed E-state index contributed by atoms with van der Waals surface area (Å²) in [5.41, 5.74) is 2.74. The number of nitrogens with one attached hydrogen (secondary N) is 1. The van der Waals surface area contributed by atoms with Crippen LogP contribution >= 0.6 is 15.9 Å². The number of halogens is 2. The van der Waals surface area contributed by atoms with Crippen LogP contribution in [0.1, 0.15) is 22.3 Å². The van der Waals surface area contributed by atoms with Gasteiger partial charge in [0.15, 0.2) is 11.5 Å². The summed E-state index contributed by atoms with van der Waals surface area (Å²) < 4.78 is 25.9. The number of allylic oxidation sites excluding steroid dienone is 1. The lowest BCUT2D eigenvalue weighted by Gasteiger charge is -2.27. The normalized spacial score (nSPS) is 14.5. The molecule has 4 rings (SSSR count). The van der Waals surface area contributed by atoms with Gasteiger partial charge in [-0.2, -0.15) is 0 Å². The molecule has 3 aromatic rings. The number of methoxy groups -OCH3 is 1. The molecule has 0 saturated carbocycles. The molecule has 0 unspecified atom stereocenters. The first kappa shape index (κ1) is 26.8. The number of nitrogens with zero attached hydrogens (tertiary/aromatic N) is 1. The van der Waals surface area contributed by atoms with Crippen LogP contribution in [0.2, 0.25) is 0 Å². The number of imide groups is 2. The van der Waals surface area contributed by atoms with Gasteiger partial charge in [0.1, 0.15) is 18.0 Å². The van der Waals surface area contributed by atoms with E-state index < -0.39 is 17.8 Å². The van der Waals surface area contributed by atoms with E-state index in [0.717, 1.165) is 14.9 Å². The fourth-order valence-corrected chi connectivity index (χ4v) is 4.24. The van der Waals surface area contributed by atoms with Gasteiger partial charge in [0.2, 0.25) is 0 Å². The molecule has 9 heteroatoms. The number of hydrogen-bond acceptors (Lipinski definition) is 5. The van der Waals surface area contributed by atoms with Crippen molar-refractivity contribution in [2.45, 2.75) is 20.0 Å². The molecule has 0 aliphatic carbocycles. The van der Waals surface area contributed by atoms with Crippen LogP contribution in [-0.2, 0) is 22.6 Å². The third-order valence-electron chi connectivity index (χ3n) is 5.82. The number of barbiturate groups is 1. The summed E-state index contributed by atoms with van der Waals surface area (Å²) in [6, 6.07) is 13.6. The van der Waals surface area contributed by atoms with E-state index in [1.54, 1.807) is 48.5 Å². The molecule has 1 aliphatic rings. The third-order valence-corrected chi connectivity index (χ3v) is 6.71. The van der Waals surface area contributed by atoms with Gasteiger partial charge in [-0.1, -0.05) is 34.1 Å². The highest BCUT2D eigenvalue weighted by Crippen LogP contribution is 2.35. The molecule has 1 fully saturated rings. The highest BCUT2D eigenvalue weighted by atomic mass is 79.9. The Morgan fingerprint density at radius 2 is 1.89 bits per heavy atom. The van der Waals surface area contributed by atoms with Gasteiger partial charge < -0.3 is 9.47 Å². The number of urea groups is 1. The average molecular weight is 579 g/mol. The molecule has 0 bridgehead atoms. The number of benzene rings is 3. The summed E-state index contributed by atoms with van der Waals surface area (Å²) in [5, 5.41) is 2.23. The molecule has 3 aromatic carbocycles. The Morgan fingerprint density at radius 1 is 1.11 bits per heavy atom. The lowest BCUT2D eigenvalue weighted by molar-refractivity contribution is -0.122. The van der Waals surface area contributed by atoms with E-state index in [4.69, 9.17) is 9.47 Å². The number of carbonyl (C=O) groups excluding carboxylic acids is 3. The molecule has 1 N–H and O–H groups in total. The third kappa shape index (κ3) is 5.68. The van der Waals surface area contributed by atoms with Crippen molar-refractivity contribution in [3.8, 4) is 11.5 Å². The van der Waals surface area contributed by atoms with Crippen molar-refractivity contribution in [1.29, 1.82) is 0 Å². The second-order valence-corrected chi connectivity index (χ2v) is 9.37. The molecule has 1 heterocycles. The summed E-state index contributed by atoms with van der Waals surface area (Å²) >= 11 is 3.40. The van der Waals surface area contributed by atoms with Crippen molar-refractivity contribution in [2.24, 2.45) is 0 Å². The summed E-state index contributed by atoms with van der Waals surface area (Å²) in [7, 11) is 1.47. The maximum absolute atomic E-state index is 13.6. The van der Waals surface area contributed by atoms with Gasteiger partial charge in [0.25, 0.3) is 11.8 Å². The number of amides is 4. The Hall–Kier alpha value is -4.24. The second-order valence-electron chi connectivity index (χ2n) is 8.51. The number of aryl methyl sites for hydroxylation is 1. The van der Waals surface area contributed by atoms with Gasteiger partial charge in [0, 0.05) is 10.0 Å². The van der Waals surface area contributed by atoms with E-state index in [9.17, 15) is 18.8 Å². The Labute approximate surface area is 227 Å². The number of rotatable bonds is 8. The minimum atomic E-state index is -0.829. The summed E-state index contributed by atoms with van der Waals surface area (Å²) in [6.07, 6.45) is 3.47. The van der Waals surface area contributed by atoms with Gasteiger partial charge in [-0.15, -0.1) is 6.58 Å². The standard InChI is InChI=1S/C29H24BrFN2O5/c1-4-6-20-12-19(15-25(37-3)26(20)38-16-18-7-5-8-21(31)13-18)14-23-27(34)32-29(36)33(28(23)35)22-9-10-24(30)17(2)11-22/h4-5,7-15H,1,6,16H2,2-3H3,(H,32,34,36)/b23-14+. The highest BCUT2D eigenvalue weighted by Gasteiger charge is 2.37. The van der Waals surface area contributed by atoms with E-state index in [-0.39, 0.29) is 18.0 Å². The maximum Gasteiger partial charge on any atom is 0.335 e. The molecule has 194 valence electrons. The van der Waals surface area contributed by atoms with Crippen molar-refractivity contribution in [1.82, 2.24) is 5.32 Å². The molecule has 1 saturated heterocycles. The SMILES string of the molecule is C=CCc1cc(/C=C2\C(=O)NC(=O)N(c3ccc(Br)c(C)c3)C2=O)cc(OC)c1OCc1cccc(F)c1.